The highest BCUT2D eigenvalue weighted by atomic mass is 14.1. The van der Waals surface area contributed by atoms with Gasteiger partial charge < -0.3 is 0 Å². The van der Waals surface area contributed by atoms with Gasteiger partial charge in [-0.05, 0) is 54.0 Å². The predicted octanol–water partition coefficient (Wildman–Crippen LogP) is 5.35. The maximum absolute atomic E-state index is 2.38. The van der Waals surface area contributed by atoms with Crippen LogP contribution in [0.4, 0.5) is 0 Å². The monoisotopic (exact) mass is 252 g/mol. The highest BCUT2D eigenvalue weighted by Crippen LogP contribution is 2.30. The molecule has 0 heterocycles. The van der Waals surface area contributed by atoms with E-state index in [2.05, 4.69) is 64.1 Å². The number of hydrogen-bond acceptors (Lipinski definition) is 0. The lowest BCUT2D eigenvalue weighted by Crippen LogP contribution is -1.97. The van der Waals surface area contributed by atoms with Crippen LogP contribution in [0.1, 0.15) is 43.0 Å². The van der Waals surface area contributed by atoms with Gasteiger partial charge in [-0.1, -0.05) is 62.7 Å². The quantitative estimate of drug-likeness (QED) is 0.688. The number of aryl methyl sites for hydroxylation is 4. The molecule has 2 aromatic rings. The first-order valence-corrected chi connectivity index (χ1v) is 7.41. The van der Waals surface area contributed by atoms with Gasteiger partial charge in [-0.3, -0.25) is 0 Å². The molecule has 0 saturated heterocycles. The number of rotatable bonds is 4. The zero-order valence-corrected chi connectivity index (χ0v) is 12.6. The molecule has 0 heteroatoms. The lowest BCUT2D eigenvalue weighted by atomic mass is 9.89. The van der Waals surface area contributed by atoms with Crippen molar-refractivity contribution in [1.29, 1.82) is 0 Å². The lowest BCUT2D eigenvalue weighted by Gasteiger charge is -2.16. The third-order valence-corrected chi connectivity index (χ3v) is 3.87. The van der Waals surface area contributed by atoms with E-state index in [9.17, 15) is 0 Å². The predicted molar refractivity (Wildman–Crippen MR) is 84.7 cm³/mol. The summed E-state index contributed by atoms with van der Waals surface area (Å²) in [5, 5.41) is 0. The van der Waals surface area contributed by atoms with Crippen molar-refractivity contribution in [2.45, 2.75) is 47.0 Å². The van der Waals surface area contributed by atoms with Crippen molar-refractivity contribution in [3.63, 3.8) is 0 Å². The van der Waals surface area contributed by atoms with Crippen LogP contribution in [0, 0.1) is 6.92 Å². The summed E-state index contributed by atoms with van der Waals surface area (Å²) in [7, 11) is 0. The molecule has 0 N–H and O–H groups in total. The minimum Gasteiger partial charge on any atom is -0.0613 e. The van der Waals surface area contributed by atoms with Gasteiger partial charge in [-0.25, -0.2) is 0 Å². The Morgan fingerprint density at radius 3 is 1.68 bits per heavy atom. The van der Waals surface area contributed by atoms with Crippen LogP contribution in [0.2, 0.25) is 0 Å². The fraction of sp³-hybridized carbons (Fsp3) is 0.368. The smallest absolute Gasteiger partial charge is 0.0120 e. The first-order chi connectivity index (χ1) is 9.19. The Hall–Kier alpha value is -1.56. The average Bonchev–Trinajstić information content (AvgIpc) is 2.46. The second-order valence-electron chi connectivity index (χ2n) is 5.22. The standard InChI is InChI=1S/C19H24/c1-5-15-12-16(6-2)19(17(7-3)13-15)18-10-8-14(4)9-11-18/h8-13H,5-7H2,1-4H3. The zero-order valence-electron chi connectivity index (χ0n) is 12.6. The van der Waals surface area contributed by atoms with Crippen LogP contribution in [0.25, 0.3) is 11.1 Å². The van der Waals surface area contributed by atoms with E-state index in [1.54, 1.807) is 0 Å². The first-order valence-electron chi connectivity index (χ1n) is 7.41. The Bertz CT molecular complexity index is 522. The van der Waals surface area contributed by atoms with Gasteiger partial charge in [0.2, 0.25) is 0 Å². The van der Waals surface area contributed by atoms with Gasteiger partial charge >= 0.3 is 0 Å². The van der Waals surface area contributed by atoms with Crippen LogP contribution in [0.5, 0.6) is 0 Å². The molecule has 0 aliphatic carbocycles. The molecule has 0 nitrogen and oxygen atoms in total. The molecular weight excluding hydrogens is 228 g/mol. The number of hydrogen-bond donors (Lipinski definition) is 0. The van der Waals surface area contributed by atoms with Crippen LogP contribution in [0.3, 0.4) is 0 Å². The second kappa shape index (κ2) is 6.06. The Balaban J connectivity index is 2.63. The molecule has 2 rings (SSSR count). The molecule has 0 amide bonds. The molecule has 0 spiro atoms. The number of benzene rings is 2. The van der Waals surface area contributed by atoms with Gasteiger partial charge in [0.25, 0.3) is 0 Å². The van der Waals surface area contributed by atoms with E-state index in [-0.39, 0.29) is 0 Å². The second-order valence-corrected chi connectivity index (χ2v) is 5.22. The fourth-order valence-corrected chi connectivity index (χ4v) is 2.69. The maximum atomic E-state index is 2.38. The summed E-state index contributed by atoms with van der Waals surface area (Å²) in [6.45, 7) is 8.89. The Labute approximate surface area is 117 Å². The van der Waals surface area contributed by atoms with E-state index in [0.29, 0.717) is 0 Å². The van der Waals surface area contributed by atoms with Crippen molar-refractivity contribution < 1.29 is 0 Å². The van der Waals surface area contributed by atoms with Gasteiger partial charge in [-0.2, -0.15) is 0 Å². The Kier molecular flexibility index (Phi) is 4.42. The molecule has 0 unspecified atom stereocenters. The normalized spacial score (nSPS) is 10.7. The zero-order chi connectivity index (χ0) is 13.8. The summed E-state index contributed by atoms with van der Waals surface area (Å²) in [4.78, 5) is 0. The van der Waals surface area contributed by atoms with E-state index < -0.39 is 0 Å². The molecule has 19 heavy (non-hydrogen) atoms. The van der Waals surface area contributed by atoms with Gasteiger partial charge in [0.1, 0.15) is 0 Å². The SMILES string of the molecule is CCc1cc(CC)c(-c2ccc(C)cc2)c(CC)c1. The average molecular weight is 252 g/mol. The van der Waals surface area contributed by atoms with Crippen LogP contribution in [-0.2, 0) is 19.3 Å². The van der Waals surface area contributed by atoms with Crippen LogP contribution >= 0.6 is 0 Å². The topological polar surface area (TPSA) is 0 Å². The molecule has 2 aromatic carbocycles. The van der Waals surface area contributed by atoms with E-state index in [1.165, 1.54) is 33.4 Å². The van der Waals surface area contributed by atoms with Crippen molar-refractivity contribution in [3.05, 3.63) is 58.7 Å². The van der Waals surface area contributed by atoms with Gasteiger partial charge in [-0.15, -0.1) is 0 Å². The summed E-state index contributed by atoms with van der Waals surface area (Å²) in [6, 6.07) is 13.7. The lowest BCUT2D eigenvalue weighted by molar-refractivity contribution is 1.05. The molecule has 0 fully saturated rings. The highest BCUT2D eigenvalue weighted by molar-refractivity contribution is 5.72. The van der Waals surface area contributed by atoms with Crippen molar-refractivity contribution in [2.24, 2.45) is 0 Å². The molecule has 0 saturated carbocycles. The molecular formula is C19H24. The van der Waals surface area contributed by atoms with Gasteiger partial charge in [0.15, 0.2) is 0 Å². The van der Waals surface area contributed by atoms with Crippen LogP contribution in [-0.4, -0.2) is 0 Å². The largest absolute Gasteiger partial charge is 0.0613 e. The fourth-order valence-electron chi connectivity index (χ4n) is 2.69. The van der Waals surface area contributed by atoms with Gasteiger partial charge in [0.05, 0.1) is 0 Å². The van der Waals surface area contributed by atoms with E-state index in [4.69, 9.17) is 0 Å². The van der Waals surface area contributed by atoms with Crippen molar-refractivity contribution in [1.82, 2.24) is 0 Å². The summed E-state index contributed by atoms with van der Waals surface area (Å²) in [5.41, 5.74) is 8.58. The third-order valence-electron chi connectivity index (χ3n) is 3.87. The molecule has 0 radical (unpaired) electrons. The van der Waals surface area contributed by atoms with E-state index in [0.717, 1.165) is 19.3 Å². The van der Waals surface area contributed by atoms with Crippen LogP contribution < -0.4 is 0 Å². The molecule has 0 aliphatic rings. The van der Waals surface area contributed by atoms with Crippen molar-refractivity contribution in [3.8, 4) is 11.1 Å². The minimum absolute atomic E-state index is 1.10. The van der Waals surface area contributed by atoms with Crippen molar-refractivity contribution in [2.75, 3.05) is 0 Å². The van der Waals surface area contributed by atoms with Crippen LogP contribution in [0.15, 0.2) is 36.4 Å². The van der Waals surface area contributed by atoms with E-state index >= 15 is 0 Å². The van der Waals surface area contributed by atoms with E-state index in [1.807, 2.05) is 0 Å². The van der Waals surface area contributed by atoms with Gasteiger partial charge in [0, 0.05) is 0 Å². The summed E-state index contributed by atoms with van der Waals surface area (Å²) < 4.78 is 0. The summed E-state index contributed by atoms with van der Waals surface area (Å²) in [5.74, 6) is 0. The summed E-state index contributed by atoms with van der Waals surface area (Å²) in [6.07, 6.45) is 3.32. The Morgan fingerprint density at radius 1 is 0.737 bits per heavy atom. The van der Waals surface area contributed by atoms with Crippen molar-refractivity contribution >= 4 is 0 Å². The Morgan fingerprint density at radius 2 is 1.26 bits per heavy atom. The summed E-state index contributed by atoms with van der Waals surface area (Å²) >= 11 is 0. The maximum Gasteiger partial charge on any atom is -0.0120 e. The molecule has 0 atom stereocenters. The highest BCUT2D eigenvalue weighted by Gasteiger charge is 2.10. The molecule has 100 valence electrons. The third kappa shape index (κ3) is 2.89. The first kappa shape index (κ1) is 13.9. The minimum atomic E-state index is 1.10. The molecule has 0 bridgehead atoms. The molecule has 0 aliphatic heterocycles. The molecule has 0 aromatic heterocycles.